The van der Waals surface area contributed by atoms with E-state index in [2.05, 4.69) is 21.2 Å². The maximum absolute atomic E-state index is 13.0. The lowest BCUT2D eigenvalue weighted by Gasteiger charge is -2.25. The van der Waals surface area contributed by atoms with Gasteiger partial charge in [0.05, 0.1) is 10.0 Å². The molecule has 1 aromatic carbocycles. The van der Waals surface area contributed by atoms with Crippen molar-refractivity contribution in [3.63, 3.8) is 0 Å². The zero-order valence-corrected chi connectivity index (χ0v) is 12.2. The van der Waals surface area contributed by atoms with Crippen LogP contribution in [0, 0.1) is 5.82 Å². The van der Waals surface area contributed by atoms with Gasteiger partial charge in [0, 0.05) is 17.3 Å². The van der Waals surface area contributed by atoms with E-state index in [1.807, 2.05) is 0 Å². The van der Waals surface area contributed by atoms with Gasteiger partial charge in [0.25, 0.3) is 5.91 Å². The SMILES string of the molecule is CC(CCl)(CCl)NC(=O)c1ccc(F)c(Br)c1. The molecule has 6 heteroatoms. The Morgan fingerprint density at radius 3 is 2.53 bits per heavy atom. The Balaban J connectivity index is 2.86. The van der Waals surface area contributed by atoms with E-state index in [1.165, 1.54) is 18.2 Å². The Morgan fingerprint density at radius 1 is 1.47 bits per heavy atom. The summed E-state index contributed by atoms with van der Waals surface area (Å²) in [5.74, 6) is -0.358. The fourth-order valence-corrected chi connectivity index (χ4v) is 1.88. The van der Waals surface area contributed by atoms with Crippen LogP contribution in [0.5, 0.6) is 0 Å². The summed E-state index contributed by atoms with van der Waals surface area (Å²) >= 11 is 14.5. The number of halogens is 4. The molecular formula is C11H11BrCl2FNO. The largest absolute Gasteiger partial charge is 0.344 e. The van der Waals surface area contributed by atoms with Crippen molar-refractivity contribution in [2.24, 2.45) is 0 Å². The van der Waals surface area contributed by atoms with Crippen LogP contribution in [-0.2, 0) is 0 Å². The van der Waals surface area contributed by atoms with Gasteiger partial charge in [0.1, 0.15) is 5.82 Å². The highest BCUT2D eigenvalue weighted by Gasteiger charge is 2.25. The van der Waals surface area contributed by atoms with Crippen LogP contribution in [0.2, 0.25) is 0 Å². The van der Waals surface area contributed by atoms with Crippen LogP contribution in [0.3, 0.4) is 0 Å². The van der Waals surface area contributed by atoms with E-state index in [-0.39, 0.29) is 22.1 Å². The summed E-state index contributed by atoms with van der Waals surface area (Å²) in [5, 5.41) is 2.71. The number of carbonyl (C=O) groups excluding carboxylic acids is 1. The monoisotopic (exact) mass is 341 g/mol. The number of benzene rings is 1. The summed E-state index contributed by atoms with van der Waals surface area (Å²) in [6.07, 6.45) is 0. The van der Waals surface area contributed by atoms with Crippen molar-refractivity contribution < 1.29 is 9.18 Å². The maximum atomic E-state index is 13.0. The molecule has 0 heterocycles. The van der Waals surface area contributed by atoms with Gasteiger partial charge in [-0.2, -0.15) is 0 Å². The first-order chi connectivity index (χ1) is 7.91. The number of alkyl halides is 2. The minimum atomic E-state index is -0.680. The molecule has 1 aromatic rings. The average Bonchev–Trinajstić information content (AvgIpc) is 2.32. The molecule has 2 nitrogen and oxygen atoms in total. The summed E-state index contributed by atoms with van der Waals surface area (Å²) in [6.45, 7) is 1.74. The molecule has 0 atom stereocenters. The zero-order chi connectivity index (χ0) is 13.1. The zero-order valence-electron chi connectivity index (χ0n) is 9.07. The minimum Gasteiger partial charge on any atom is -0.344 e. The summed E-state index contributed by atoms with van der Waals surface area (Å²) < 4.78 is 13.3. The van der Waals surface area contributed by atoms with Gasteiger partial charge < -0.3 is 5.32 Å². The predicted octanol–water partition coefficient (Wildman–Crippen LogP) is 3.55. The highest BCUT2D eigenvalue weighted by atomic mass is 79.9. The molecule has 1 N–H and O–H groups in total. The highest BCUT2D eigenvalue weighted by molar-refractivity contribution is 9.10. The molecule has 0 fully saturated rings. The van der Waals surface area contributed by atoms with E-state index in [9.17, 15) is 9.18 Å². The smallest absolute Gasteiger partial charge is 0.251 e. The molecule has 0 aromatic heterocycles. The molecule has 0 aliphatic rings. The molecule has 94 valence electrons. The number of carbonyl (C=O) groups is 1. The third-order valence-corrected chi connectivity index (χ3v) is 3.97. The number of nitrogens with one attached hydrogen (secondary N) is 1. The second kappa shape index (κ2) is 6.03. The van der Waals surface area contributed by atoms with E-state index in [1.54, 1.807) is 6.92 Å². The van der Waals surface area contributed by atoms with Crippen molar-refractivity contribution in [3.05, 3.63) is 34.1 Å². The van der Waals surface area contributed by atoms with Crippen LogP contribution in [0.25, 0.3) is 0 Å². The average molecular weight is 343 g/mol. The van der Waals surface area contributed by atoms with Crippen molar-refractivity contribution in [1.29, 1.82) is 0 Å². The Morgan fingerprint density at radius 2 is 2.06 bits per heavy atom. The quantitative estimate of drug-likeness (QED) is 0.833. The number of hydrogen-bond donors (Lipinski definition) is 1. The molecule has 1 rings (SSSR count). The van der Waals surface area contributed by atoms with Crippen molar-refractivity contribution in [3.8, 4) is 0 Å². The molecule has 1 amide bonds. The topological polar surface area (TPSA) is 29.1 Å². The fraction of sp³-hybridized carbons (Fsp3) is 0.364. The van der Waals surface area contributed by atoms with Gasteiger partial charge in [0.2, 0.25) is 0 Å². The van der Waals surface area contributed by atoms with Gasteiger partial charge in [-0.25, -0.2) is 4.39 Å². The summed E-state index contributed by atoms with van der Waals surface area (Å²) in [6, 6.07) is 4.03. The Hall–Kier alpha value is -0.320. The van der Waals surface area contributed by atoms with Gasteiger partial charge in [-0.3, -0.25) is 4.79 Å². The van der Waals surface area contributed by atoms with Crippen molar-refractivity contribution in [1.82, 2.24) is 5.32 Å². The van der Waals surface area contributed by atoms with Crippen molar-refractivity contribution in [2.75, 3.05) is 11.8 Å². The number of hydrogen-bond acceptors (Lipinski definition) is 1. The normalized spacial score (nSPS) is 11.4. The van der Waals surface area contributed by atoms with Gasteiger partial charge in [-0.15, -0.1) is 23.2 Å². The summed E-state index contributed by atoms with van der Waals surface area (Å²) in [7, 11) is 0. The van der Waals surface area contributed by atoms with Crippen molar-refractivity contribution in [2.45, 2.75) is 12.5 Å². The Bertz CT molecular complexity index is 424. The Labute approximate surface area is 118 Å². The van der Waals surface area contributed by atoms with E-state index in [4.69, 9.17) is 23.2 Å². The summed E-state index contributed by atoms with van der Waals surface area (Å²) in [4.78, 5) is 11.9. The van der Waals surface area contributed by atoms with Crippen LogP contribution < -0.4 is 5.32 Å². The molecule has 0 radical (unpaired) electrons. The first-order valence-corrected chi connectivity index (χ1v) is 6.67. The molecule has 0 spiro atoms. The van der Waals surface area contributed by atoms with Crippen molar-refractivity contribution >= 4 is 45.0 Å². The van der Waals surface area contributed by atoms with Crippen LogP contribution in [0.1, 0.15) is 17.3 Å². The third-order valence-electron chi connectivity index (χ3n) is 2.19. The summed E-state index contributed by atoms with van der Waals surface area (Å²) in [5.41, 5.74) is -0.333. The van der Waals surface area contributed by atoms with E-state index in [0.717, 1.165) is 0 Å². The molecule has 0 aliphatic heterocycles. The molecule has 0 aliphatic carbocycles. The Kier molecular flexibility index (Phi) is 5.22. The molecule has 0 saturated heterocycles. The van der Waals surface area contributed by atoms with Gasteiger partial charge in [-0.05, 0) is 41.1 Å². The molecule has 0 bridgehead atoms. The molecular weight excluding hydrogens is 332 g/mol. The van der Waals surface area contributed by atoms with E-state index < -0.39 is 11.4 Å². The third kappa shape index (κ3) is 3.83. The van der Waals surface area contributed by atoms with Crippen LogP contribution >= 0.6 is 39.1 Å². The van der Waals surface area contributed by atoms with E-state index in [0.29, 0.717) is 5.56 Å². The highest BCUT2D eigenvalue weighted by Crippen LogP contribution is 2.18. The lowest BCUT2D eigenvalue weighted by Crippen LogP contribution is -2.49. The fourth-order valence-electron chi connectivity index (χ4n) is 1.09. The van der Waals surface area contributed by atoms with E-state index >= 15 is 0 Å². The van der Waals surface area contributed by atoms with Crippen LogP contribution in [-0.4, -0.2) is 23.2 Å². The predicted molar refractivity (Wildman–Crippen MR) is 71.4 cm³/mol. The molecule has 0 unspecified atom stereocenters. The molecule has 17 heavy (non-hydrogen) atoms. The first-order valence-electron chi connectivity index (χ1n) is 4.81. The number of rotatable bonds is 4. The lowest BCUT2D eigenvalue weighted by atomic mass is 10.1. The second-order valence-electron chi connectivity index (χ2n) is 3.91. The second-order valence-corrected chi connectivity index (χ2v) is 5.30. The minimum absolute atomic E-state index is 0.199. The molecule has 0 saturated carbocycles. The maximum Gasteiger partial charge on any atom is 0.251 e. The lowest BCUT2D eigenvalue weighted by molar-refractivity contribution is 0.0921. The number of amides is 1. The van der Waals surface area contributed by atoms with Crippen LogP contribution in [0.4, 0.5) is 4.39 Å². The van der Waals surface area contributed by atoms with Gasteiger partial charge in [-0.1, -0.05) is 0 Å². The first kappa shape index (κ1) is 14.7. The van der Waals surface area contributed by atoms with Crippen LogP contribution in [0.15, 0.2) is 22.7 Å². The van der Waals surface area contributed by atoms with Gasteiger partial charge >= 0.3 is 0 Å². The van der Waals surface area contributed by atoms with Gasteiger partial charge in [0.15, 0.2) is 0 Å². The standard InChI is InChI=1S/C11H11BrCl2FNO/c1-11(5-13,6-14)16-10(17)7-2-3-9(15)8(12)4-7/h2-4H,5-6H2,1H3,(H,16,17).